The van der Waals surface area contributed by atoms with E-state index in [-0.39, 0.29) is 0 Å². The highest BCUT2D eigenvalue weighted by molar-refractivity contribution is 6.55. The minimum Gasteiger partial charge on any atom is -0.889 e. The fraction of sp³-hybridized carbons (Fsp3) is 0.909. The molecule has 1 aromatic carbocycles. The van der Waals surface area contributed by atoms with Gasteiger partial charge in [0, 0.05) is 0 Å². The molecule has 422 valence electrons. The van der Waals surface area contributed by atoms with Gasteiger partial charge in [-0.25, -0.2) is 0 Å². The zero-order chi connectivity index (χ0) is 51.9. The maximum absolute atomic E-state index is 10.7. The van der Waals surface area contributed by atoms with Crippen LogP contribution >= 0.6 is 0 Å². The first-order valence-electron chi connectivity index (χ1n) is 33.1. The number of aryl methyl sites for hydroxylation is 1. The summed E-state index contributed by atoms with van der Waals surface area (Å²) in [5.41, 5.74) is 1.58. The molecule has 1 rings (SSSR count). The number of benzene rings is 1. The largest absolute Gasteiger partial charge is 0.889 e. The topological polar surface area (TPSA) is 79.3 Å². The van der Waals surface area contributed by atoms with E-state index in [1.54, 1.807) is 12.1 Å². The number of rotatable bonds is 56. The van der Waals surface area contributed by atoms with Crippen LogP contribution in [0.1, 0.15) is 361 Å². The van der Waals surface area contributed by atoms with Gasteiger partial charge >= 0.3 is 0 Å². The van der Waals surface area contributed by atoms with Crippen molar-refractivity contribution in [3.8, 4) is 0 Å². The normalized spacial score (nSPS) is 11.1. The second kappa shape index (κ2) is 67.1. The van der Waals surface area contributed by atoms with Crippen LogP contribution in [0.4, 0.5) is 0 Å². The van der Waals surface area contributed by atoms with E-state index in [2.05, 4.69) is 45.3 Å². The molecular weight excluding hydrogens is 864 g/mol. The molecule has 0 aliphatic rings. The van der Waals surface area contributed by atoms with Crippen molar-refractivity contribution >= 4 is 12.6 Å². The van der Waals surface area contributed by atoms with Crippen molar-refractivity contribution in [1.29, 1.82) is 0 Å². The average molecular weight is 998 g/mol. The molecule has 4 N–H and O–H groups in total. The number of nitrogens with two attached hydrogens (primary N) is 2. The van der Waals surface area contributed by atoms with Crippen LogP contribution in [0.25, 0.3) is 0 Å². The maximum Gasteiger partial charge on any atom is 0.0755 e. The number of quaternary nitrogens is 2. The fourth-order valence-corrected chi connectivity index (χ4v) is 10.1. The summed E-state index contributed by atoms with van der Waals surface area (Å²) in [5.74, 6) is 0. The molecule has 0 amide bonds. The molecule has 0 saturated carbocycles. The lowest BCUT2D eigenvalue weighted by Crippen LogP contribution is -2.84. The highest BCUT2D eigenvalue weighted by Gasteiger charge is 2.00. The van der Waals surface area contributed by atoms with Crippen molar-refractivity contribution in [2.45, 2.75) is 362 Å². The van der Waals surface area contributed by atoms with Crippen LogP contribution in [0.3, 0.4) is 0 Å². The molecule has 0 saturated heterocycles. The summed E-state index contributed by atoms with van der Waals surface area (Å²) < 4.78 is 0. The smallest absolute Gasteiger partial charge is 0.0755 e. The van der Waals surface area contributed by atoms with Crippen LogP contribution in [0.5, 0.6) is 0 Å². The maximum atomic E-state index is 10.7. The first kappa shape index (κ1) is 72.2. The number of unbranched alkanes of at least 4 members (excludes halogenated alkanes) is 45. The van der Waals surface area contributed by atoms with Crippen LogP contribution in [0, 0.1) is 0 Å². The highest BCUT2D eigenvalue weighted by atomic mass is 16.4. The van der Waals surface area contributed by atoms with E-state index >= 15 is 0 Å². The summed E-state index contributed by atoms with van der Waals surface area (Å²) in [6.07, 6.45) is 72.7. The third-order valence-electron chi connectivity index (χ3n) is 15.1. The van der Waals surface area contributed by atoms with E-state index in [0.717, 1.165) is 6.42 Å². The minimum atomic E-state index is -1.85. The van der Waals surface area contributed by atoms with Crippen LogP contribution in [0.2, 0.25) is 0 Å². The molecule has 1 aromatic rings. The van der Waals surface area contributed by atoms with Crippen molar-refractivity contribution in [2.75, 3.05) is 26.2 Å². The highest BCUT2D eigenvalue weighted by Crippen LogP contribution is 2.15. The van der Waals surface area contributed by atoms with Gasteiger partial charge in [-0.05, 0) is 69.8 Å². The van der Waals surface area contributed by atoms with Gasteiger partial charge in [-0.15, -0.1) is 5.46 Å². The Balaban J connectivity index is 0. The number of hydrogen-bond acceptors (Lipinski definition) is 2. The van der Waals surface area contributed by atoms with E-state index in [9.17, 15) is 10.0 Å². The van der Waals surface area contributed by atoms with Gasteiger partial charge in [0.1, 0.15) is 0 Å². The molecule has 71 heavy (non-hydrogen) atoms. The standard InChI is InChI=1S/2C24H51N.C18H29BO2/c2*1-3-5-7-9-11-13-15-17-19-21-23-25-24-22-20-18-16-14-12-10-8-6-4-2;1-2-3-4-5-6-7-8-9-10-11-12-17-13-15-18(16-14-17)19(20)21/h2*25H,3-24H2,1-2H3;13-16H,2-12H2,1H3/q;;-2/p+2. The van der Waals surface area contributed by atoms with Crippen LogP contribution in [0.15, 0.2) is 24.3 Å². The molecule has 0 fully saturated rings. The molecule has 0 aliphatic heterocycles. The monoisotopic (exact) mass is 997 g/mol. The van der Waals surface area contributed by atoms with Crippen molar-refractivity contribution in [2.24, 2.45) is 0 Å². The Morgan fingerprint density at radius 3 is 0.634 bits per heavy atom. The van der Waals surface area contributed by atoms with Gasteiger partial charge in [0.05, 0.1) is 26.2 Å². The molecule has 0 heterocycles. The van der Waals surface area contributed by atoms with Gasteiger partial charge in [0.15, 0.2) is 0 Å². The molecule has 0 atom stereocenters. The molecule has 0 aliphatic carbocycles. The van der Waals surface area contributed by atoms with E-state index < -0.39 is 7.12 Å². The van der Waals surface area contributed by atoms with Gasteiger partial charge in [-0.3, -0.25) is 0 Å². The van der Waals surface area contributed by atoms with E-state index in [0.29, 0.717) is 5.46 Å². The first-order valence-corrected chi connectivity index (χ1v) is 33.1. The Morgan fingerprint density at radius 1 is 0.254 bits per heavy atom. The molecule has 0 bridgehead atoms. The van der Waals surface area contributed by atoms with Crippen molar-refractivity contribution in [3.63, 3.8) is 0 Å². The summed E-state index contributed by atoms with van der Waals surface area (Å²) in [6.45, 7) is 16.9. The van der Waals surface area contributed by atoms with Crippen molar-refractivity contribution in [3.05, 3.63) is 29.8 Å². The summed E-state index contributed by atoms with van der Waals surface area (Å²) >= 11 is 0. The van der Waals surface area contributed by atoms with Gasteiger partial charge in [-0.1, -0.05) is 329 Å². The van der Waals surface area contributed by atoms with Gasteiger partial charge in [-0.2, -0.15) is 0 Å². The first-order chi connectivity index (χ1) is 35.1. The lowest BCUT2D eigenvalue weighted by Gasteiger charge is -2.26. The molecule has 5 heteroatoms. The summed E-state index contributed by atoms with van der Waals surface area (Å²) in [7, 11) is -1.85. The predicted octanol–water partition coefficient (Wildman–Crippen LogP) is 17.3. The third-order valence-corrected chi connectivity index (χ3v) is 15.1. The predicted molar refractivity (Wildman–Crippen MR) is 318 cm³/mol. The molecule has 0 aromatic heterocycles. The second-order valence-corrected chi connectivity index (χ2v) is 22.5. The SMILES string of the molecule is CCCCCCCCCCCC[NH2+]CCCCCCCCCCCC.CCCCCCCCCCCC[NH2+]CCCCCCCCCCCC.CCCCCCCCCCCCc1ccc(B([O-])[O-])cc1. The Labute approximate surface area is 449 Å². The number of hydrogen-bond donors (Lipinski definition) is 2. The summed E-state index contributed by atoms with van der Waals surface area (Å²) in [5, 5.41) is 26.6. The fourth-order valence-electron chi connectivity index (χ4n) is 10.1. The van der Waals surface area contributed by atoms with Gasteiger partial charge < -0.3 is 20.7 Å². The second-order valence-electron chi connectivity index (χ2n) is 22.5. The van der Waals surface area contributed by atoms with Crippen LogP contribution < -0.4 is 26.1 Å². The average Bonchev–Trinajstić information content (AvgIpc) is 3.38. The van der Waals surface area contributed by atoms with E-state index in [1.165, 1.54) is 353 Å². The Kier molecular flexibility index (Phi) is 68.3. The van der Waals surface area contributed by atoms with Crippen LogP contribution in [-0.4, -0.2) is 33.3 Å². The quantitative estimate of drug-likeness (QED) is 0.0504. The molecular formula is C66H133BN2O2. The summed E-state index contributed by atoms with van der Waals surface area (Å²) in [6, 6.07) is 7.20. The molecule has 0 radical (unpaired) electrons. The van der Waals surface area contributed by atoms with E-state index in [4.69, 9.17) is 0 Å². The molecule has 0 unspecified atom stereocenters. The summed E-state index contributed by atoms with van der Waals surface area (Å²) in [4.78, 5) is 0. The Hall–Kier alpha value is -0.875. The zero-order valence-corrected chi connectivity index (χ0v) is 49.7. The van der Waals surface area contributed by atoms with E-state index in [1.807, 2.05) is 12.1 Å². The molecule has 0 spiro atoms. The van der Waals surface area contributed by atoms with Crippen LogP contribution in [-0.2, 0) is 6.42 Å². The third kappa shape index (κ3) is 65.2. The lowest BCUT2D eigenvalue weighted by molar-refractivity contribution is -0.655. The Morgan fingerprint density at radius 2 is 0.437 bits per heavy atom. The van der Waals surface area contributed by atoms with Crippen molar-refractivity contribution < 1.29 is 20.7 Å². The Bertz CT molecular complexity index is 947. The lowest BCUT2D eigenvalue weighted by atomic mass is 9.80. The van der Waals surface area contributed by atoms with Crippen molar-refractivity contribution in [1.82, 2.24) is 0 Å². The zero-order valence-electron chi connectivity index (χ0n) is 49.7. The minimum absolute atomic E-state index is 0.349. The van der Waals surface area contributed by atoms with Gasteiger partial charge in [0.25, 0.3) is 0 Å². The van der Waals surface area contributed by atoms with Gasteiger partial charge in [0.2, 0.25) is 0 Å². The molecule has 4 nitrogen and oxygen atoms in total.